The third-order valence-corrected chi connectivity index (χ3v) is 7.07. The summed E-state index contributed by atoms with van der Waals surface area (Å²) in [4.78, 5) is 37.1. The van der Waals surface area contributed by atoms with Crippen LogP contribution in [0.3, 0.4) is 0 Å². The van der Waals surface area contributed by atoms with E-state index >= 15 is 0 Å². The van der Waals surface area contributed by atoms with Gasteiger partial charge in [-0.15, -0.1) is 0 Å². The number of carboxylic acids is 1. The van der Waals surface area contributed by atoms with Crippen LogP contribution in [0.15, 0.2) is 48.5 Å². The molecule has 1 fully saturated rings. The number of hydrogen-bond donors (Lipinski definition) is 3. The first kappa shape index (κ1) is 23.8. The zero-order valence-electron chi connectivity index (χ0n) is 19.7. The van der Waals surface area contributed by atoms with Gasteiger partial charge < -0.3 is 20.5 Å². The van der Waals surface area contributed by atoms with E-state index in [1.165, 1.54) is 0 Å². The Kier molecular flexibility index (Phi) is 6.91. The molecule has 0 heterocycles. The van der Waals surface area contributed by atoms with Crippen molar-refractivity contribution in [3.8, 4) is 11.1 Å². The maximum absolute atomic E-state index is 12.9. The highest BCUT2D eigenvalue weighted by Crippen LogP contribution is 2.44. The molecule has 180 valence electrons. The van der Waals surface area contributed by atoms with Gasteiger partial charge in [-0.05, 0) is 54.4 Å². The number of rotatable bonds is 10. The lowest BCUT2D eigenvalue weighted by Crippen LogP contribution is -2.56. The van der Waals surface area contributed by atoms with Gasteiger partial charge in [0.2, 0.25) is 5.91 Å². The van der Waals surface area contributed by atoms with Crippen molar-refractivity contribution in [2.45, 2.75) is 51.0 Å². The Hall–Kier alpha value is -3.35. The molecule has 0 spiro atoms. The number of carbonyl (C=O) groups excluding carboxylic acids is 2. The number of benzene rings is 2. The highest BCUT2D eigenvalue weighted by atomic mass is 16.5. The number of aliphatic carboxylic acids is 1. The molecule has 2 aliphatic rings. The maximum Gasteiger partial charge on any atom is 0.407 e. The van der Waals surface area contributed by atoms with Gasteiger partial charge in [-0.1, -0.05) is 61.9 Å². The lowest BCUT2D eigenvalue weighted by atomic mass is 9.93. The number of carboxylic acid groups (broad SMARTS) is 1. The Morgan fingerprint density at radius 3 is 2.18 bits per heavy atom. The third-order valence-electron chi connectivity index (χ3n) is 7.07. The van der Waals surface area contributed by atoms with Crippen molar-refractivity contribution in [2.75, 3.05) is 13.2 Å². The monoisotopic (exact) mass is 464 g/mol. The van der Waals surface area contributed by atoms with Crippen molar-refractivity contribution in [1.82, 2.24) is 10.6 Å². The number of ether oxygens (including phenoxy) is 1. The molecule has 2 atom stereocenters. The molecule has 3 N–H and O–H groups in total. The minimum Gasteiger partial charge on any atom is -0.480 e. The molecule has 2 aliphatic carbocycles. The van der Waals surface area contributed by atoms with Gasteiger partial charge in [0.15, 0.2) is 0 Å². The van der Waals surface area contributed by atoms with Crippen LogP contribution in [0.1, 0.15) is 56.6 Å². The summed E-state index contributed by atoms with van der Waals surface area (Å²) < 4.78 is 5.56. The molecule has 2 amide bonds. The number of hydrogen-bond acceptors (Lipinski definition) is 4. The van der Waals surface area contributed by atoms with Crippen LogP contribution in [0, 0.1) is 11.8 Å². The maximum atomic E-state index is 12.9. The quantitative estimate of drug-likeness (QED) is 0.486. The van der Waals surface area contributed by atoms with Crippen LogP contribution < -0.4 is 10.6 Å². The molecule has 0 saturated heterocycles. The average molecular weight is 465 g/mol. The molecule has 1 saturated carbocycles. The van der Waals surface area contributed by atoms with Crippen LogP contribution in [0.2, 0.25) is 0 Å². The van der Waals surface area contributed by atoms with Crippen molar-refractivity contribution in [3.05, 3.63) is 59.7 Å². The van der Waals surface area contributed by atoms with Crippen molar-refractivity contribution < 1.29 is 24.2 Å². The first-order chi connectivity index (χ1) is 16.3. The van der Waals surface area contributed by atoms with Crippen LogP contribution in [0.25, 0.3) is 11.1 Å². The summed E-state index contributed by atoms with van der Waals surface area (Å²) in [6, 6.07) is 16.2. The second-order valence-corrected chi connectivity index (χ2v) is 9.46. The Bertz CT molecular complexity index is 1030. The van der Waals surface area contributed by atoms with Crippen LogP contribution in [0.4, 0.5) is 4.79 Å². The molecule has 0 aliphatic heterocycles. The lowest BCUT2D eigenvalue weighted by Gasteiger charge is -2.28. The summed E-state index contributed by atoms with van der Waals surface area (Å²) in [7, 11) is 0. The standard InChI is InChI=1S/C27H32N2O5/c1-3-8-17(24(30)29-27(2,25(31)32)18-13-14-18)15-28-26(33)34-16-23-21-11-6-4-9-19(21)20-10-5-7-12-22(20)23/h4-7,9-12,17-18,23H,3,8,13-16H2,1-2H3,(H,28,33)(H,29,30)(H,31,32). The van der Waals surface area contributed by atoms with Crippen molar-refractivity contribution in [2.24, 2.45) is 11.8 Å². The molecule has 2 aromatic carbocycles. The Balaban J connectivity index is 1.34. The average Bonchev–Trinajstić information content (AvgIpc) is 3.64. The lowest BCUT2D eigenvalue weighted by molar-refractivity contribution is -0.148. The number of nitrogens with one attached hydrogen (secondary N) is 2. The minimum atomic E-state index is -1.27. The number of fused-ring (bicyclic) bond motifs is 3. The van der Waals surface area contributed by atoms with Gasteiger partial charge in [0.05, 0.1) is 5.92 Å². The molecule has 34 heavy (non-hydrogen) atoms. The second kappa shape index (κ2) is 9.87. The summed E-state index contributed by atoms with van der Waals surface area (Å²) in [6.07, 6.45) is 2.27. The largest absolute Gasteiger partial charge is 0.480 e. The van der Waals surface area contributed by atoms with E-state index < -0.39 is 23.5 Å². The van der Waals surface area contributed by atoms with Crippen LogP contribution in [-0.2, 0) is 14.3 Å². The van der Waals surface area contributed by atoms with E-state index in [9.17, 15) is 19.5 Å². The van der Waals surface area contributed by atoms with Crippen molar-refractivity contribution >= 4 is 18.0 Å². The fraction of sp³-hybridized carbons (Fsp3) is 0.444. The van der Waals surface area contributed by atoms with E-state index in [0.717, 1.165) is 41.5 Å². The van der Waals surface area contributed by atoms with E-state index in [4.69, 9.17) is 4.74 Å². The second-order valence-electron chi connectivity index (χ2n) is 9.46. The summed E-state index contributed by atoms with van der Waals surface area (Å²) in [6.45, 7) is 3.80. The Labute approximate surface area is 199 Å². The van der Waals surface area contributed by atoms with Gasteiger partial charge >= 0.3 is 12.1 Å². The Morgan fingerprint density at radius 1 is 1.06 bits per heavy atom. The molecular formula is C27H32N2O5. The summed E-state index contributed by atoms with van der Waals surface area (Å²) in [5.41, 5.74) is 3.31. The minimum absolute atomic E-state index is 0.0392. The summed E-state index contributed by atoms with van der Waals surface area (Å²) >= 11 is 0. The highest BCUT2D eigenvalue weighted by molar-refractivity contribution is 5.88. The molecule has 2 unspecified atom stereocenters. The van der Waals surface area contributed by atoms with E-state index in [2.05, 4.69) is 34.9 Å². The van der Waals surface area contributed by atoms with Gasteiger partial charge in [0, 0.05) is 12.5 Å². The molecule has 7 nitrogen and oxygen atoms in total. The van der Waals surface area contributed by atoms with Crippen LogP contribution in [-0.4, -0.2) is 41.8 Å². The fourth-order valence-electron chi connectivity index (χ4n) is 4.88. The summed E-state index contributed by atoms with van der Waals surface area (Å²) in [5.74, 6) is -1.99. The molecule has 0 bridgehead atoms. The summed E-state index contributed by atoms with van der Waals surface area (Å²) in [5, 5.41) is 15.1. The van der Waals surface area contributed by atoms with Gasteiger partial charge in [-0.2, -0.15) is 0 Å². The van der Waals surface area contributed by atoms with E-state index in [-0.39, 0.29) is 30.9 Å². The fourth-order valence-corrected chi connectivity index (χ4v) is 4.88. The van der Waals surface area contributed by atoms with Gasteiger partial charge in [0.1, 0.15) is 12.1 Å². The van der Waals surface area contributed by atoms with E-state index in [0.29, 0.717) is 6.42 Å². The molecule has 2 aromatic rings. The topological polar surface area (TPSA) is 105 Å². The first-order valence-corrected chi connectivity index (χ1v) is 12.0. The Morgan fingerprint density at radius 2 is 1.65 bits per heavy atom. The normalized spacial score (nSPS) is 17.1. The number of carbonyl (C=O) groups is 3. The predicted molar refractivity (Wildman–Crippen MR) is 128 cm³/mol. The zero-order chi connectivity index (χ0) is 24.3. The van der Waals surface area contributed by atoms with Gasteiger partial charge in [-0.25, -0.2) is 9.59 Å². The first-order valence-electron chi connectivity index (χ1n) is 12.0. The molecular weight excluding hydrogens is 432 g/mol. The molecule has 0 aromatic heterocycles. The van der Waals surface area contributed by atoms with Crippen LogP contribution >= 0.6 is 0 Å². The van der Waals surface area contributed by atoms with E-state index in [1.54, 1.807) is 6.92 Å². The van der Waals surface area contributed by atoms with Crippen molar-refractivity contribution in [1.29, 1.82) is 0 Å². The SMILES string of the molecule is CCCC(CNC(=O)OCC1c2ccccc2-c2ccccc21)C(=O)NC(C)(C(=O)O)C1CC1. The third kappa shape index (κ3) is 4.79. The number of alkyl carbamates (subject to hydrolysis) is 1. The molecule has 0 radical (unpaired) electrons. The van der Waals surface area contributed by atoms with E-state index in [1.807, 2.05) is 31.2 Å². The number of amides is 2. The van der Waals surface area contributed by atoms with Gasteiger partial charge in [-0.3, -0.25) is 4.79 Å². The predicted octanol–water partition coefficient (Wildman–Crippen LogP) is 4.31. The zero-order valence-corrected chi connectivity index (χ0v) is 19.7. The molecule has 7 heteroatoms. The molecule has 4 rings (SSSR count). The van der Waals surface area contributed by atoms with Crippen LogP contribution in [0.5, 0.6) is 0 Å². The van der Waals surface area contributed by atoms with Crippen molar-refractivity contribution in [3.63, 3.8) is 0 Å². The smallest absolute Gasteiger partial charge is 0.407 e. The highest BCUT2D eigenvalue weighted by Gasteiger charge is 2.49. The van der Waals surface area contributed by atoms with Gasteiger partial charge in [0.25, 0.3) is 0 Å².